The standard InChI is InChI=1S/C24H24FN3O3/c1-3-30-20-9-5-4-7-18(20)26-24(29)23-15(2)22-19(8-6-10-21(22)31-23)28-27-17-13-11-16(25)12-14-17/h4-5,7,9,11-14,27H,3,6,8,10H2,1-2H3,(H,26,29)/b28-19+. The number of nitrogens with zero attached hydrogens (tertiary/aromatic N) is 1. The molecular weight excluding hydrogens is 397 g/mol. The van der Waals surface area contributed by atoms with E-state index >= 15 is 0 Å². The molecule has 160 valence electrons. The van der Waals surface area contributed by atoms with E-state index in [9.17, 15) is 9.18 Å². The van der Waals surface area contributed by atoms with Crippen LogP contribution in [0.4, 0.5) is 15.8 Å². The number of ether oxygens (including phenoxy) is 1. The monoisotopic (exact) mass is 421 g/mol. The van der Waals surface area contributed by atoms with Gasteiger partial charge in [-0.3, -0.25) is 10.2 Å². The topological polar surface area (TPSA) is 75.9 Å². The molecular formula is C24H24FN3O3. The summed E-state index contributed by atoms with van der Waals surface area (Å²) < 4.78 is 24.7. The zero-order valence-corrected chi connectivity index (χ0v) is 17.5. The van der Waals surface area contributed by atoms with Gasteiger partial charge in [-0.05, 0) is 63.1 Å². The molecule has 3 aromatic rings. The SMILES string of the molecule is CCOc1ccccc1NC(=O)c1oc2c(c1C)/C(=N/Nc1ccc(F)cc1)CCC2. The summed E-state index contributed by atoms with van der Waals surface area (Å²) in [5.74, 6) is 1.01. The lowest BCUT2D eigenvalue weighted by atomic mass is 9.93. The highest BCUT2D eigenvalue weighted by Crippen LogP contribution is 2.31. The number of rotatable bonds is 6. The number of hydrogen-bond acceptors (Lipinski definition) is 5. The third kappa shape index (κ3) is 4.45. The summed E-state index contributed by atoms with van der Waals surface area (Å²) in [5, 5.41) is 7.40. The lowest BCUT2D eigenvalue weighted by Gasteiger charge is -2.13. The third-order valence-corrected chi connectivity index (χ3v) is 5.13. The third-order valence-electron chi connectivity index (χ3n) is 5.13. The van der Waals surface area contributed by atoms with Crippen LogP contribution in [0, 0.1) is 12.7 Å². The van der Waals surface area contributed by atoms with Crippen LogP contribution in [0.3, 0.4) is 0 Å². The maximum Gasteiger partial charge on any atom is 0.291 e. The molecule has 2 aromatic carbocycles. The van der Waals surface area contributed by atoms with Crippen molar-refractivity contribution < 1.29 is 18.3 Å². The molecule has 1 heterocycles. The van der Waals surface area contributed by atoms with Crippen molar-refractivity contribution in [1.29, 1.82) is 0 Å². The number of furan rings is 1. The van der Waals surface area contributed by atoms with Crippen molar-refractivity contribution >= 4 is 23.0 Å². The van der Waals surface area contributed by atoms with Gasteiger partial charge >= 0.3 is 0 Å². The van der Waals surface area contributed by atoms with E-state index in [1.165, 1.54) is 12.1 Å². The smallest absolute Gasteiger partial charge is 0.291 e. The van der Waals surface area contributed by atoms with E-state index in [0.717, 1.165) is 41.9 Å². The number of anilines is 2. The maximum absolute atomic E-state index is 13.1. The van der Waals surface area contributed by atoms with Gasteiger partial charge in [0.05, 0.1) is 23.7 Å². The van der Waals surface area contributed by atoms with Gasteiger partial charge < -0.3 is 14.5 Å². The molecule has 0 spiro atoms. The Bertz CT molecular complexity index is 1120. The molecule has 1 aliphatic rings. The molecule has 1 amide bonds. The lowest BCUT2D eigenvalue weighted by Crippen LogP contribution is -2.15. The number of hydrogen-bond donors (Lipinski definition) is 2. The zero-order valence-electron chi connectivity index (χ0n) is 17.5. The Hall–Kier alpha value is -3.61. The molecule has 7 heteroatoms. The van der Waals surface area contributed by atoms with Gasteiger partial charge in [0.15, 0.2) is 5.76 Å². The number of nitrogens with one attached hydrogen (secondary N) is 2. The molecule has 6 nitrogen and oxygen atoms in total. The minimum atomic E-state index is -0.329. The van der Waals surface area contributed by atoms with E-state index in [-0.39, 0.29) is 17.5 Å². The second-order valence-corrected chi connectivity index (χ2v) is 7.27. The summed E-state index contributed by atoms with van der Waals surface area (Å²) >= 11 is 0. The minimum absolute atomic E-state index is 0.271. The Kier molecular flexibility index (Phi) is 6.02. The molecule has 0 aliphatic heterocycles. The van der Waals surface area contributed by atoms with Crippen LogP contribution < -0.4 is 15.5 Å². The molecule has 1 aromatic heterocycles. The molecule has 0 unspecified atom stereocenters. The first-order valence-electron chi connectivity index (χ1n) is 10.3. The normalized spacial score (nSPS) is 14.2. The summed E-state index contributed by atoms with van der Waals surface area (Å²) in [5.41, 5.74) is 6.69. The quantitative estimate of drug-likeness (QED) is 0.513. The summed E-state index contributed by atoms with van der Waals surface area (Å²) in [4.78, 5) is 13.0. The lowest BCUT2D eigenvalue weighted by molar-refractivity contribution is 0.0993. The number of amides is 1. The van der Waals surface area contributed by atoms with Gasteiger partial charge in [-0.1, -0.05) is 12.1 Å². The highest BCUT2D eigenvalue weighted by Gasteiger charge is 2.28. The van der Waals surface area contributed by atoms with E-state index in [1.807, 2.05) is 32.0 Å². The average Bonchev–Trinajstić information content (AvgIpc) is 3.12. The molecule has 0 atom stereocenters. The van der Waals surface area contributed by atoms with Crippen LogP contribution in [-0.2, 0) is 6.42 Å². The van der Waals surface area contributed by atoms with E-state index in [1.54, 1.807) is 18.2 Å². The van der Waals surface area contributed by atoms with Gasteiger partial charge in [0, 0.05) is 17.5 Å². The van der Waals surface area contributed by atoms with Crippen molar-refractivity contribution in [2.24, 2.45) is 5.10 Å². The maximum atomic E-state index is 13.1. The van der Waals surface area contributed by atoms with Crippen LogP contribution >= 0.6 is 0 Å². The summed E-state index contributed by atoms with van der Waals surface area (Å²) in [7, 11) is 0. The van der Waals surface area contributed by atoms with Crippen molar-refractivity contribution in [2.45, 2.75) is 33.1 Å². The number of para-hydroxylation sites is 2. The first-order chi connectivity index (χ1) is 15.1. The van der Waals surface area contributed by atoms with Gasteiger partial charge in [0.2, 0.25) is 0 Å². The van der Waals surface area contributed by atoms with Gasteiger partial charge in [0.1, 0.15) is 17.3 Å². The number of carbonyl (C=O) groups excluding carboxylic acids is 1. The number of aryl methyl sites for hydroxylation is 1. The molecule has 0 radical (unpaired) electrons. The van der Waals surface area contributed by atoms with E-state index in [2.05, 4.69) is 15.8 Å². The number of halogens is 1. The van der Waals surface area contributed by atoms with Gasteiger partial charge in [-0.2, -0.15) is 5.10 Å². The molecule has 31 heavy (non-hydrogen) atoms. The van der Waals surface area contributed by atoms with E-state index in [0.29, 0.717) is 23.7 Å². The molecule has 0 saturated heterocycles. The first-order valence-corrected chi connectivity index (χ1v) is 10.3. The van der Waals surface area contributed by atoms with Crippen molar-refractivity contribution in [3.8, 4) is 5.75 Å². The van der Waals surface area contributed by atoms with Crippen LogP contribution in [-0.4, -0.2) is 18.2 Å². The van der Waals surface area contributed by atoms with Gasteiger partial charge in [0.25, 0.3) is 5.91 Å². The van der Waals surface area contributed by atoms with Gasteiger partial charge in [-0.25, -0.2) is 4.39 Å². The summed E-state index contributed by atoms with van der Waals surface area (Å²) in [6.07, 6.45) is 2.38. The van der Waals surface area contributed by atoms with Gasteiger partial charge in [-0.15, -0.1) is 0 Å². The van der Waals surface area contributed by atoms with Crippen LogP contribution in [0.1, 0.15) is 47.2 Å². The van der Waals surface area contributed by atoms with Crippen LogP contribution in [0.25, 0.3) is 0 Å². The zero-order chi connectivity index (χ0) is 21.8. The van der Waals surface area contributed by atoms with Crippen LogP contribution in [0.15, 0.2) is 58.0 Å². The molecule has 0 saturated carbocycles. The average molecular weight is 421 g/mol. The fourth-order valence-corrected chi connectivity index (χ4v) is 3.68. The molecule has 0 fully saturated rings. The van der Waals surface area contributed by atoms with E-state index < -0.39 is 0 Å². The molecule has 2 N–H and O–H groups in total. The summed E-state index contributed by atoms with van der Waals surface area (Å²) in [6.45, 7) is 4.26. The Morgan fingerprint density at radius 2 is 1.94 bits per heavy atom. The second kappa shape index (κ2) is 9.04. The van der Waals surface area contributed by atoms with E-state index in [4.69, 9.17) is 9.15 Å². The number of fused-ring (bicyclic) bond motifs is 1. The molecule has 4 rings (SSSR count). The predicted octanol–water partition coefficient (Wildman–Crippen LogP) is 5.53. The summed E-state index contributed by atoms with van der Waals surface area (Å²) in [6, 6.07) is 13.3. The highest BCUT2D eigenvalue weighted by molar-refractivity contribution is 6.09. The molecule has 0 bridgehead atoms. The number of hydrazone groups is 1. The van der Waals surface area contributed by atoms with Crippen molar-refractivity contribution in [2.75, 3.05) is 17.3 Å². The minimum Gasteiger partial charge on any atom is -0.492 e. The molecule has 1 aliphatic carbocycles. The highest BCUT2D eigenvalue weighted by atomic mass is 19.1. The Morgan fingerprint density at radius 1 is 1.16 bits per heavy atom. The van der Waals surface area contributed by atoms with Crippen molar-refractivity contribution in [3.63, 3.8) is 0 Å². The largest absolute Gasteiger partial charge is 0.492 e. The van der Waals surface area contributed by atoms with Crippen molar-refractivity contribution in [3.05, 3.63) is 77.0 Å². The first kappa shape index (κ1) is 20.7. The van der Waals surface area contributed by atoms with Crippen LogP contribution in [0.5, 0.6) is 5.75 Å². The number of carbonyl (C=O) groups is 1. The van der Waals surface area contributed by atoms with Crippen LogP contribution in [0.2, 0.25) is 0 Å². The Labute approximate surface area is 180 Å². The Balaban J connectivity index is 1.59. The second-order valence-electron chi connectivity index (χ2n) is 7.27. The predicted molar refractivity (Wildman–Crippen MR) is 119 cm³/mol. The fraction of sp³-hybridized carbons (Fsp3) is 0.250. The fourth-order valence-electron chi connectivity index (χ4n) is 3.68. The van der Waals surface area contributed by atoms with Crippen molar-refractivity contribution in [1.82, 2.24) is 0 Å². The Morgan fingerprint density at radius 3 is 2.71 bits per heavy atom. The number of benzene rings is 2.